The van der Waals surface area contributed by atoms with Crippen LogP contribution in [-0.4, -0.2) is 19.9 Å². The van der Waals surface area contributed by atoms with Crippen LogP contribution in [0.1, 0.15) is 32.8 Å². The van der Waals surface area contributed by atoms with Gasteiger partial charge in [0.1, 0.15) is 12.4 Å². The normalized spacial score (nSPS) is 12.3. The van der Waals surface area contributed by atoms with E-state index in [9.17, 15) is 0 Å². The molecule has 0 aliphatic carbocycles. The Morgan fingerprint density at radius 3 is 2.75 bits per heavy atom. The Balaban J connectivity index is 2.11. The van der Waals surface area contributed by atoms with Crippen LogP contribution >= 0.6 is 0 Å². The molecule has 1 N–H and O–H groups in total. The van der Waals surface area contributed by atoms with Crippen molar-refractivity contribution in [1.29, 1.82) is 0 Å². The smallest absolute Gasteiger partial charge is 0.231 e. The molecule has 0 saturated heterocycles. The van der Waals surface area contributed by atoms with Gasteiger partial charge in [0.2, 0.25) is 6.79 Å². The van der Waals surface area contributed by atoms with Crippen molar-refractivity contribution in [3.63, 3.8) is 0 Å². The maximum Gasteiger partial charge on any atom is 0.231 e. The number of allylic oxidation sites excluding steroid dienone is 1. The van der Waals surface area contributed by atoms with Gasteiger partial charge in [0, 0.05) is 18.2 Å². The van der Waals surface area contributed by atoms with E-state index in [0.717, 1.165) is 42.3 Å². The Morgan fingerprint density at radius 1 is 1.30 bits per heavy atom. The van der Waals surface area contributed by atoms with E-state index < -0.39 is 0 Å². The minimum atomic E-state index is 0.286. The predicted octanol–water partition coefficient (Wildman–Crippen LogP) is 3.26. The Morgan fingerprint density at radius 2 is 2.05 bits per heavy atom. The SMILES string of the molecule is CCCNCc1cc2c(cc1OCC=C(C)C)OCO2. The van der Waals surface area contributed by atoms with E-state index >= 15 is 0 Å². The van der Waals surface area contributed by atoms with Crippen LogP contribution in [-0.2, 0) is 6.54 Å². The lowest BCUT2D eigenvalue weighted by atomic mass is 10.1. The van der Waals surface area contributed by atoms with Gasteiger partial charge in [-0.1, -0.05) is 12.5 Å². The summed E-state index contributed by atoms with van der Waals surface area (Å²) < 4.78 is 16.7. The fourth-order valence-electron chi connectivity index (χ4n) is 1.94. The second-order valence-electron chi connectivity index (χ2n) is 5.08. The maximum absolute atomic E-state index is 5.85. The highest BCUT2D eigenvalue weighted by molar-refractivity contribution is 5.51. The van der Waals surface area contributed by atoms with Crippen molar-refractivity contribution < 1.29 is 14.2 Å². The van der Waals surface area contributed by atoms with Crippen LogP contribution < -0.4 is 19.5 Å². The van der Waals surface area contributed by atoms with Crippen LogP contribution in [0.2, 0.25) is 0 Å². The van der Waals surface area contributed by atoms with Gasteiger partial charge in [-0.3, -0.25) is 0 Å². The topological polar surface area (TPSA) is 39.7 Å². The third-order valence-corrected chi connectivity index (χ3v) is 3.03. The summed E-state index contributed by atoms with van der Waals surface area (Å²) in [5, 5.41) is 3.39. The van der Waals surface area contributed by atoms with E-state index in [0.29, 0.717) is 6.61 Å². The number of hydrogen-bond acceptors (Lipinski definition) is 4. The van der Waals surface area contributed by atoms with E-state index in [1.54, 1.807) is 0 Å². The summed E-state index contributed by atoms with van der Waals surface area (Å²) in [5.74, 6) is 2.42. The zero-order valence-corrected chi connectivity index (χ0v) is 12.5. The second kappa shape index (κ2) is 7.20. The monoisotopic (exact) mass is 277 g/mol. The molecular weight excluding hydrogens is 254 g/mol. The van der Waals surface area contributed by atoms with E-state index in [-0.39, 0.29) is 6.79 Å². The molecule has 1 heterocycles. The maximum atomic E-state index is 5.85. The van der Waals surface area contributed by atoms with Crippen LogP contribution in [0.25, 0.3) is 0 Å². The largest absolute Gasteiger partial charge is 0.489 e. The van der Waals surface area contributed by atoms with Crippen LogP contribution in [0.3, 0.4) is 0 Å². The first-order chi connectivity index (χ1) is 9.70. The van der Waals surface area contributed by atoms with Crippen LogP contribution in [0, 0.1) is 0 Å². The van der Waals surface area contributed by atoms with Gasteiger partial charge in [-0.25, -0.2) is 0 Å². The van der Waals surface area contributed by atoms with Crippen LogP contribution in [0.4, 0.5) is 0 Å². The predicted molar refractivity (Wildman–Crippen MR) is 79.5 cm³/mol. The molecule has 4 nitrogen and oxygen atoms in total. The molecule has 1 aromatic carbocycles. The third-order valence-electron chi connectivity index (χ3n) is 3.03. The minimum Gasteiger partial charge on any atom is -0.489 e. The molecule has 0 bridgehead atoms. The number of hydrogen-bond donors (Lipinski definition) is 1. The van der Waals surface area contributed by atoms with Crippen molar-refractivity contribution in [2.24, 2.45) is 0 Å². The molecule has 0 unspecified atom stereocenters. The summed E-state index contributed by atoms with van der Waals surface area (Å²) in [6, 6.07) is 3.92. The lowest BCUT2D eigenvalue weighted by molar-refractivity contribution is 0.174. The average Bonchev–Trinajstić information content (AvgIpc) is 2.85. The van der Waals surface area contributed by atoms with Gasteiger partial charge in [0.25, 0.3) is 0 Å². The highest BCUT2D eigenvalue weighted by Crippen LogP contribution is 2.38. The van der Waals surface area contributed by atoms with Crippen molar-refractivity contribution in [2.45, 2.75) is 33.7 Å². The van der Waals surface area contributed by atoms with Gasteiger partial charge in [0.05, 0.1) is 0 Å². The van der Waals surface area contributed by atoms with Gasteiger partial charge >= 0.3 is 0 Å². The third kappa shape index (κ3) is 3.90. The van der Waals surface area contributed by atoms with Crippen molar-refractivity contribution in [3.8, 4) is 17.2 Å². The Bertz CT molecular complexity index is 479. The zero-order chi connectivity index (χ0) is 14.4. The van der Waals surface area contributed by atoms with Gasteiger partial charge in [-0.2, -0.15) is 0 Å². The van der Waals surface area contributed by atoms with Crippen LogP contribution in [0.5, 0.6) is 17.2 Å². The fourth-order valence-corrected chi connectivity index (χ4v) is 1.94. The molecule has 0 radical (unpaired) electrons. The molecule has 0 atom stereocenters. The standard InChI is InChI=1S/C16H23NO3/c1-4-6-17-10-13-8-15-16(20-11-19-15)9-14(13)18-7-5-12(2)3/h5,8-9,17H,4,6-7,10-11H2,1-3H3. The summed E-state index contributed by atoms with van der Waals surface area (Å²) in [5.41, 5.74) is 2.35. The molecule has 1 aliphatic rings. The number of ether oxygens (including phenoxy) is 3. The summed E-state index contributed by atoms with van der Waals surface area (Å²) in [7, 11) is 0. The van der Waals surface area contributed by atoms with Crippen molar-refractivity contribution in [3.05, 3.63) is 29.3 Å². The first-order valence-electron chi connectivity index (χ1n) is 7.10. The summed E-state index contributed by atoms with van der Waals surface area (Å²) in [6.45, 7) is 8.89. The van der Waals surface area contributed by atoms with Gasteiger partial charge in [-0.15, -0.1) is 0 Å². The Labute approximate surface area is 120 Å². The molecule has 2 rings (SSSR count). The summed E-state index contributed by atoms with van der Waals surface area (Å²) in [4.78, 5) is 0. The van der Waals surface area contributed by atoms with Gasteiger partial charge in [0.15, 0.2) is 11.5 Å². The molecule has 0 amide bonds. The van der Waals surface area contributed by atoms with Crippen molar-refractivity contribution in [1.82, 2.24) is 5.32 Å². The lowest BCUT2D eigenvalue weighted by Gasteiger charge is -2.12. The van der Waals surface area contributed by atoms with Crippen molar-refractivity contribution >= 4 is 0 Å². The molecule has 1 aromatic rings. The molecule has 4 heteroatoms. The molecule has 0 spiro atoms. The molecular formula is C16H23NO3. The highest BCUT2D eigenvalue weighted by Gasteiger charge is 2.17. The lowest BCUT2D eigenvalue weighted by Crippen LogP contribution is -2.14. The molecule has 110 valence electrons. The summed E-state index contributed by atoms with van der Waals surface area (Å²) >= 11 is 0. The van der Waals surface area contributed by atoms with Gasteiger partial charge in [-0.05, 0) is 39.0 Å². The number of rotatable bonds is 7. The van der Waals surface area contributed by atoms with Crippen LogP contribution in [0.15, 0.2) is 23.8 Å². The van der Waals surface area contributed by atoms with E-state index in [4.69, 9.17) is 14.2 Å². The quantitative estimate of drug-likeness (QED) is 0.613. The number of benzene rings is 1. The molecule has 0 fully saturated rings. The first kappa shape index (κ1) is 14.7. The fraction of sp³-hybridized carbons (Fsp3) is 0.500. The minimum absolute atomic E-state index is 0.286. The van der Waals surface area contributed by atoms with E-state index in [2.05, 4.69) is 32.2 Å². The van der Waals surface area contributed by atoms with E-state index in [1.807, 2.05) is 12.1 Å². The zero-order valence-electron chi connectivity index (χ0n) is 12.5. The number of fused-ring (bicyclic) bond motifs is 1. The first-order valence-corrected chi connectivity index (χ1v) is 7.10. The van der Waals surface area contributed by atoms with Crippen molar-refractivity contribution in [2.75, 3.05) is 19.9 Å². The Hall–Kier alpha value is -1.68. The highest BCUT2D eigenvalue weighted by atomic mass is 16.7. The molecule has 0 aromatic heterocycles. The second-order valence-corrected chi connectivity index (χ2v) is 5.08. The summed E-state index contributed by atoms with van der Waals surface area (Å²) in [6.07, 6.45) is 3.17. The number of nitrogens with one attached hydrogen (secondary N) is 1. The molecule has 0 saturated carbocycles. The Kier molecular flexibility index (Phi) is 5.30. The molecule has 1 aliphatic heterocycles. The average molecular weight is 277 g/mol. The van der Waals surface area contributed by atoms with Gasteiger partial charge < -0.3 is 19.5 Å². The molecule has 20 heavy (non-hydrogen) atoms. The van der Waals surface area contributed by atoms with E-state index in [1.165, 1.54) is 5.57 Å².